The average molecular weight is 249 g/mol. The maximum atomic E-state index is 13.4. The number of alkyl halides is 3. The summed E-state index contributed by atoms with van der Waals surface area (Å²) in [4.78, 5) is 12.0. The number of anilines is 1. The third-order valence-corrected chi connectivity index (χ3v) is 2.17. The van der Waals surface area contributed by atoms with E-state index in [1.165, 1.54) is 12.1 Å². The lowest BCUT2D eigenvalue weighted by Gasteiger charge is -2.23. The second-order valence-electron chi connectivity index (χ2n) is 3.66. The van der Waals surface area contributed by atoms with Crippen LogP contribution < -0.4 is 4.90 Å². The summed E-state index contributed by atoms with van der Waals surface area (Å²) < 4.78 is 50.0. The fourth-order valence-electron chi connectivity index (χ4n) is 1.53. The smallest absolute Gasteiger partial charge is 0.365 e. The third-order valence-electron chi connectivity index (χ3n) is 2.17. The van der Waals surface area contributed by atoms with E-state index < -0.39 is 24.3 Å². The Labute approximate surface area is 95.8 Å². The molecule has 0 unspecified atom stereocenters. The van der Waals surface area contributed by atoms with Crippen LogP contribution in [0.25, 0.3) is 0 Å². The van der Waals surface area contributed by atoms with Crippen LogP contribution in [0.2, 0.25) is 0 Å². The summed E-state index contributed by atoms with van der Waals surface area (Å²) in [6.07, 6.45) is -4.41. The molecule has 0 aliphatic carbocycles. The van der Waals surface area contributed by atoms with Gasteiger partial charge in [0.1, 0.15) is 12.4 Å². The molecule has 0 saturated heterocycles. The monoisotopic (exact) mass is 249 g/mol. The van der Waals surface area contributed by atoms with Gasteiger partial charge in [0, 0.05) is 7.05 Å². The van der Waals surface area contributed by atoms with Gasteiger partial charge >= 0.3 is 6.18 Å². The van der Waals surface area contributed by atoms with E-state index >= 15 is 0 Å². The van der Waals surface area contributed by atoms with Gasteiger partial charge in [-0.2, -0.15) is 13.2 Å². The molecule has 0 heterocycles. The Morgan fingerprint density at radius 1 is 1.35 bits per heavy atom. The number of hydrogen-bond donors (Lipinski definition) is 0. The van der Waals surface area contributed by atoms with Gasteiger partial charge in [-0.05, 0) is 19.1 Å². The molecule has 6 heteroatoms. The van der Waals surface area contributed by atoms with E-state index in [1.807, 2.05) is 0 Å². The second-order valence-corrected chi connectivity index (χ2v) is 3.66. The molecule has 0 radical (unpaired) electrons. The average Bonchev–Trinajstić information content (AvgIpc) is 2.13. The van der Waals surface area contributed by atoms with Crippen LogP contribution in [0.15, 0.2) is 18.2 Å². The predicted molar refractivity (Wildman–Crippen MR) is 55.7 cm³/mol. The Morgan fingerprint density at radius 3 is 2.41 bits per heavy atom. The molecule has 0 bridgehead atoms. The minimum Gasteiger partial charge on any atom is -0.365 e. The number of Topliss-reactive ketones (excluding diaryl/α,β-unsaturated/α-hetero) is 1. The summed E-state index contributed by atoms with van der Waals surface area (Å²) in [6.45, 7) is -0.125. The number of carbonyl (C=O) groups excluding carboxylic acids is 1. The van der Waals surface area contributed by atoms with Gasteiger partial charge in [0.05, 0.1) is 11.3 Å². The number of halogens is 4. The highest BCUT2D eigenvalue weighted by Crippen LogP contribution is 2.26. The summed E-state index contributed by atoms with van der Waals surface area (Å²) in [5.41, 5.74) is -0.380. The Bertz CT molecular complexity index is 428. The van der Waals surface area contributed by atoms with Crippen molar-refractivity contribution >= 4 is 11.5 Å². The zero-order valence-corrected chi connectivity index (χ0v) is 9.31. The molecular formula is C11H11F4NO. The number of ketones is 1. The van der Waals surface area contributed by atoms with E-state index in [2.05, 4.69) is 0 Å². The van der Waals surface area contributed by atoms with Crippen molar-refractivity contribution in [3.8, 4) is 0 Å². The highest BCUT2D eigenvalue weighted by atomic mass is 19.4. The van der Waals surface area contributed by atoms with Crippen LogP contribution in [-0.4, -0.2) is 25.6 Å². The van der Waals surface area contributed by atoms with Crippen LogP contribution in [0, 0.1) is 5.82 Å². The standard InChI is InChI=1S/C11H11F4NO/c1-7(17)10-8(12)4-3-5-9(10)16(2)6-11(13,14)15/h3-5H,6H2,1-2H3. The number of carbonyl (C=O) groups is 1. The van der Waals surface area contributed by atoms with Crippen LogP contribution in [0.4, 0.5) is 23.2 Å². The lowest BCUT2D eigenvalue weighted by molar-refractivity contribution is -0.119. The molecule has 0 N–H and O–H groups in total. The first kappa shape index (κ1) is 13.5. The van der Waals surface area contributed by atoms with Crippen molar-refractivity contribution in [1.82, 2.24) is 0 Å². The zero-order valence-electron chi connectivity index (χ0n) is 9.31. The van der Waals surface area contributed by atoms with Crippen molar-refractivity contribution in [3.05, 3.63) is 29.6 Å². The van der Waals surface area contributed by atoms with Gasteiger partial charge in [0.2, 0.25) is 0 Å². The molecule has 1 aromatic carbocycles. The summed E-state index contributed by atoms with van der Waals surface area (Å²) in [6, 6.07) is 3.59. The molecule has 94 valence electrons. The van der Waals surface area contributed by atoms with Crippen LogP contribution in [-0.2, 0) is 0 Å². The maximum absolute atomic E-state index is 13.4. The van der Waals surface area contributed by atoms with E-state index in [0.29, 0.717) is 0 Å². The molecule has 0 aliphatic heterocycles. The molecule has 0 aromatic heterocycles. The maximum Gasteiger partial charge on any atom is 0.405 e. The fourth-order valence-corrected chi connectivity index (χ4v) is 1.53. The number of benzene rings is 1. The molecule has 0 spiro atoms. The van der Waals surface area contributed by atoms with Gasteiger partial charge in [0.15, 0.2) is 5.78 Å². The molecule has 0 atom stereocenters. The van der Waals surface area contributed by atoms with Crippen LogP contribution in [0.5, 0.6) is 0 Å². The van der Waals surface area contributed by atoms with Crippen LogP contribution >= 0.6 is 0 Å². The Hall–Kier alpha value is -1.59. The van der Waals surface area contributed by atoms with Crippen molar-refractivity contribution < 1.29 is 22.4 Å². The molecule has 0 aliphatic rings. The number of nitrogens with zero attached hydrogens (tertiary/aromatic N) is 1. The molecule has 2 nitrogen and oxygen atoms in total. The molecule has 0 amide bonds. The first-order valence-electron chi connectivity index (χ1n) is 4.79. The molecule has 0 fully saturated rings. The lowest BCUT2D eigenvalue weighted by atomic mass is 10.1. The van der Waals surface area contributed by atoms with Crippen molar-refractivity contribution in [2.45, 2.75) is 13.1 Å². The molecular weight excluding hydrogens is 238 g/mol. The summed E-state index contributed by atoms with van der Waals surface area (Å²) in [5, 5.41) is 0. The van der Waals surface area contributed by atoms with Crippen molar-refractivity contribution in [2.75, 3.05) is 18.5 Å². The van der Waals surface area contributed by atoms with Gasteiger partial charge in [-0.1, -0.05) is 6.07 Å². The number of hydrogen-bond acceptors (Lipinski definition) is 2. The fraction of sp³-hybridized carbons (Fsp3) is 0.364. The highest BCUT2D eigenvalue weighted by Gasteiger charge is 2.30. The third kappa shape index (κ3) is 3.44. The summed E-state index contributed by atoms with van der Waals surface area (Å²) in [7, 11) is 1.16. The first-order chi connectivity index (χ1) is 7.72. The van der Waals surface area contributed by atoms with E-state index in [4.69, 9.17) is 0 Å². The van der Waals surface area contributed by atoms with Gasteiger partial charge < -0.3 is 4.90 Å². The van der Waals surface area contributed by atoms with Gasteiger partial charge in [-0.25, -0.2) is 4.39 Å². The second kappa shape index (κ2) is 4.73. The van der Waals surface area contributed by atoms with Gasteiger partial charge in [-0.15, -0.1) is 0 Å². The quantitative estimate of drug-likeness (QED) is 0.606. The lowest BCUT2D eigenvalue weighted by Crippen LogP contribution is -2.32. The SMILES string of the molecule is CC(=O)c1c(F)cccc1N(C)CC(F)(F)F. The summed E-state index contributed by atoms with van der Waals surface area (Å²) >= 11 is 0. The van der Waals surface area contributed by atoms with Gasteiger partial charge in [-0.3, -0.25) is 4.79 Å². The van der Waals surface area contributed by atoms with Gasteiger partial charge in [0.25, 0.3) is 0 Å². The largest absolute Gasteiger partial charge is 0.405 e. The predicted octanol–water partition coefficient (Wildman–Crippen LogP) is 3.03. The van der Waals surface area contributed by atoms with E-state index in [0.717, 1.165) is 24.9 Å². The van der Waals surface area contributed by atoms with Crippen molar-refractivity contribution in [1.29, 1.82) is 0 Å². The molecule has 0 saturated carbocycles. The normalized spacial score (nSPS) is 11.4. The highest BCUT2D eigenvalue weighted by molar-refractivity contribution is 6.00. The summed E-state index contributed by atoms with van der Waals surface area (Å²) in [5.74, 6) is -1.42. The van der Waals surface area contributed by atoms with E-state index in [-0.39, 0.29) is 11.3 Å². The van der Waals surface area contributed by atoms with Crippen LogP contribution in [0.1, 0.15) is 17.3 Å². The molecule has 1 aromatic rings. The minimum absolute atomic E-state index is 0.0603. The first-order valence-corrected chi connectivity index (χ1v) is 4.79. The van der Waals surface area contributed by atoms with Crippen molar-refractivity contribution in [3.63, 3.8) is 0 Å². The minimum atomic E-state index is -4.41. The molecule has 1 rings (SSSR count). The Morgan fingerprint density at radius 2 is 1.94 bits per heavy atom. The molecule has 17 heavy (non-hydrogen) atoms. The number of rotatable bonds is 3. The Kier molecular flexibility index (Phi) is 3.75. The topological polar surface area (TPSA) is 20.3 Å². The van der Waals surface area contributed by atoms with Crippen LogP contribution in [0.3, 0.4) is 0 Å². The Balaban J connectivity index is 3.13. The zero-order chi connectivity index (χ0) is 13.2. The van der Waals surface area contributed by atoms with Crippen molar-refractivity contribution in [2.24, 2.45) is 0 Å². The van der Waals surface area contributed by atoms with E-state index in [9.17, 15) is 22.4 Å². The van der Waals surface area contributed by atoms with E-state index in [1.54, 1.807) is 0 Å².